The number of oxime groups is 1. The molecule has 4 heteroatoms. The second-order valence-electron chi connectivity index (χ2n) is 5.66. The number of benzene rings is 2. The van der Waals surface area contributed by atoms with Gasteiger partial charge in [0.15, 0.2) is 6.10 Å². The molecule has 1 aliphatic rings. The van der Waals surface area contributed by atoms with Gasteiger partial charge in [-0.3, -0.25) is 0 Å². The van der Waals surface area contributed by atoms with Crippen LogP contribution >= 0.6 is 11.6 Å². The second kappa shape index (κ2) is 6.95. The van der Waals surface area contributed by atoms with Gasteiger partial charge >= 0.3 is 0 Å². The molecule has 0 aliphatic carbocycles. The zero-order valence-electron chi connectivity index (χ0n) is 12.6. The maximum atomic E-state index is 6.16. The summed E-state index contributed by atoms with van der Waals surface area (Å²) >= 11 is 6.16. The first-order valence-corrected chi connectivity index (χ1v) is 7.95. The van der Waals surface area contributed by atoms with Gasteiger partial charge in [0.05, 0.1) is 5.71 Å². The first kappa shape index (κ1) is 15.1. The number of rotatable bonds is 5. The summed E-state index contributed by atoms with van der Waals surface area (Å²) < 4.78 is 0. The van der Waals surface area contributed by atoms with E-state index in [0.29, 0.717) is 0 Å². The molecule has 1 heterocycles. The minimum atomic E-state index is 0.138. The Morgan fingerprint density at radius 1 is 1.18 bits per heavy atom. The van der Waals surface area contributed by atoms with Gasteiger partial charge in [0, 0.05) is 17.0 Å². The Labute approximate surface area is 135 Å². The van der Waals surface area contributed by atoms with Gasteiger partial charge in [-0.05, 0) is 18.6 Å². The van der Waals surface area contributed by atoms with Crippen molar-refractivity contribution in [3.8, 4) is 0 Å². The average Bonchev–Trinajstić information content (AvgIpc) is 2.99. The monoisotopic (exact) mass is 315 g/mol. The molecule has 2 N–H and O–H groups in total. The second-order valence-corrected chi connectivity index (χ2v) is 6.06. The molecular weight excluding hydrogens is 296 g/mol. The lowest BCUT2D eigenvalue weighted by Gasteiger charge is -2.08. The van der Waals surface area contributed by atoms with E-state index in [9.17, 15) is 0 Å². The van der Waals surface area contributed by atoms with Crippen molar-refractivity contribution in [2.24, 2.45) is 5.16 Å². The van der Waals surface area contributed by atoms with Gasteiger partial charge in [-0.1, -0.05) is 64.8 Å². The smallest absolute Gasteiger partial charge is 0.181 e. The highest BCUT2D eigenvalue weighted by atomic mass is 35.5. The Hall–Kier alpha value is -1.84. The van der Waals surface area contributed by atoms with Crippen LogP contribution in [0, 0.1) is 6.92 Å². The van der Waals surface area contributed by atoms with Crippen LogP contribution in [-0.4, -0.2) is 18.4 Å². The van der Waals surface area contributed by atoms with Crippen molar-refractivity contribution >= 4 is 17.3 Å². The number of quaternary nitrogens is 1. The number of nitrogens with zero attached hydrogens (tertiary/aromatic N) is 1. The van der Waals surface area contributed by atoms with E-state index in [1.807, 2.05) is 18.2 Å². The lowest BCUT2D eigenvalue weighted by molar-refractivity contribution is -0.676. The standard InChI is InChI=1S/C18H19ClN2O/c1-13-6-8-14(9-7-13)18-10-16(22-21-18)12-20-11-15-4-2-3-5-17(15)19/h2-9,16,20H,10-12H2,1H3/p+1/t16-/m0/s1. The van der Waals surface area contributed by atoms with Crippen molar-refractivity contribution in [2.75, 3.05) is 6.54 Å². The summed E-state index contributed by atoms with van der Waals surface area (Å²) in [5.74, 6) is 0. The van der Waals surface area contributed by atoms with Crippen LogP contribution in [0.25, 0.3) is 0 Å². The minimum Gasteiger partial charge on any atom is -0.386 e. The fourth-order valence-electron chi connectivity index (χ4n) is 2.56. The van der Waals surface area contributed by atoms with Gasteiger partial charge < -0.3 is 10.2 Å². The Morgan fingerprint density at radius 2 is 1.95 bits per heavy atom. The van der Waals surface area contributed by atoms with Crippen LogP contribution in [0.2, 0.25) is 5.02 Å². The molecule has 1 aliphatic heterocycles. The zero-order chi connectivity index (χ0) is 15.4. The van der Waals surface area contributed by atoms with E-state index in [1.165, 1.54) is 5.56 Å². The van der Waals surface area contributed by atoms with Crippen LogP contribution in [-0.2, 0) is 11.4 Å². The number of hydrogen-bond acceptors (Lipinski definition) is 2. The van der Waals surface area contributed by atoms with E-state index < -0.39 is 0 Å². The van der Waals surface area contributed by atoms with Crippen molar-refractivity contribution < 1.29 is 10.2 Å². The van der Waals surface area contributed by atoms with Gasteiger partial charge in [0.2, 0.25) is 0 Å². The fraction of sp³-hybridized carbons (Fsp3) is 0.278. The first-order valence-electron chi connectivity index (χ1n) is 7.57. The van der Waals surface area contributed by atoms with Crippen LogP contribution in [0.1, 0.15) is 23.1 Å². The molecule has 114 valence electrons. The van der Waals surface area contributed by atoms with E-state index in [1.54, 1.807) is 0 Å². The maximum absolute atomic E-state index is 6.16. The van der Waals surface area contributed by atoms with Crippen molar-refractivity contribution in [3.63, 3.8) is 0 Å². The van der Waals surface area contributed by atoms with Gasteiger partial charge in [0.1, 0.15) is 13.1 Å². The van der Waals surface area contributed by atoms with Gasteiger partial charge in [-0.2, -0.15) is 0 Å². The average molecular weight is 316 g/mol. The molecule has 0 fully saturated rings. The van der Waals surface area contributed by atoms with Crippen LogP contribution in [0.5, 0.6) is 0 Å². The molecule has 2 aromatic carbocycles. The van der Waals surface area contributed by atoms with Crippen molar-refractivity contribution in [1.82, 2.24) is 0 Å². The quantitative estimate of drug-likeness (QED) is 0.905. The third-order valence-corrected chi connectivity index (χ3v) is 4.24. The molecule has 0 radical (unpaired) electrons. The highest BCUT2D eigenvalue weighted by Crippen LogP contribution is 2.16. The Bertz CT molecular complexity index is 667. The third kappa shape index (κ3) is 3.67. The normalized spacial score (nSPS) is 17.2. The molecule has 0 bridgehead atoms. The van der Waals surface area contributed by atoms with E-state index >= 15 is 0 Å². The van der Waals surface area contributed by atoms with E-state index in [0.717, 1.165) is 41.4 Å². The summed E-state index contributed by atoms with van der Waals surface area (Å²) in [4.78, 5) is 5.54. The molecule has 0 spiro atoms. The largest absolute Gasteiger partial charge is 0.386 e. The summed E-state index contributed by atoms with van der Waals surface area (Å²) in [5.41, 5.74) is 4.60. The lowest BCUT2D eigenvalue weighted by Crippen LogP contribution is -2.84. The molecule has 0 amide bonds. The topological polar surface area (TPSA) is 38.2 Å². The molecule has 0 unspecified atom stereocenters. The van der Waals surface area contributed by atoms with E-state index in [-0.39, 0.29) is 6.10 Å². The Morgan fingerprint density at radius 3 is 2.73 bits per heavy atom. The molecule has 3 nitrogen and oxygen atoms in total. The highest BCUT2D eigenvalue weighted by Gasteiger charge is 2.23. The fourth-order valence-corrected chi connectivity index (χ4v) is 2.77. The number of nitrogens with two attached hydrogens (primary N) is 1. The molecule has 0 aromatic heterocycles. The zero-order valence-corrected chi connectivity index (χ0v) is 13.4. The van der Waals surface area contributed by atoms with Crippen molar-refractivity contribution in [1.29, 1.82) is 0 Å². The number of halogens is 1. The maximum Gasteiger partial charge on any atom is 0.181 e. The Kier molecular flexibility index (Phi) is 4.76. The molecule has 3 rings (SSSR count). The lowest BCUT2D eigenvalue weighted by atomic mass is 10.0. The molecule has 0 saturated carbocycles. The van der Waals surface area contributed by atoms with Gasteiger partial charge in [-0.15, -0.1) is 0 Å². The predicted molar refractivity (Wildman–Crippen MR) is 89.2 cm³/mol. The number of aryl methyl sites for hydroxylation is 1. The summed E-state index contributed by atoms with van der Waals surface area (Å²) in [6.45, 7) is 3.83. The molecule has 2 aromatic rings. The number of hydrogen-bond donors (Lipinski definition) is 1. The Balaban J connectivity index is 1.48. The van der Waals surface area contributed by atoms with Crippen molar-refractivity contribution in [2.45, 2.75) is 26.0 Å². The van der Waals surface area contributed by atoms with E-state index in [2.05, 4.69) is 47.7 Å². The highest BCUT2D eigenvalue weighted by molar-refractivity contribution is 6.31. The summed E-state index contributed by atoms with van der Waals surface area (Å²) in [5, 5.41) is 7.27. The van der Waals surface area contributed by atoms with Crippen LogP contribution < -0.4 is 5.32 Å². The molecular formula is C18H20ClN2O+. The molecule has 22 heavy (non-hydrogen) atoms. The predicted octanol–water partition coefficient (Wildman–Crippen LogP) is 2.91. The minimum absolute atomic E-state index is 0.138. The van der Waals surface area contributed by atoms with Crippen LogP contribution in [0.3, 0.4) is 0 Å². The van der Waals surface area contributed by atoms with Crippen molar-refractivity contribution in [3.05, 3.63) is 70.2 Å². The van der Waals surface area contributed by atoms with Gasteiger partial charge in [0.25, 0.3) is 0 Å². The summed E-state index contributed by atoms with van der Waals surface area (Å²) in [7, 11) is 0. The van der Waals surface area contributed by atoms with Gasteiger partial charge in [-0.25, -0.2) is 0 Å². The summed E-state index contributed by atoms with van der Waals surface area (Å²) in [6, 6.07) is 16.4. The van der Waals surface area contributed by atoms with Crippen LogP contribution in [0.15, 0.2) is 53.7 Å². The van der Waals surface area contributed by atoms with Crippen LogP contribution in [0.4, 0.5) is 0 Å². The van der Waals surface area contributed by atoms with E-state index in [4.69, 9.17) is 16.4 Å². The molecule has 0 saturated heterocycles. The molecule has 1 atom stereocenters. The summed E-state index contributed by atoms with van der Waals surface area (Å²) in [6.07, 6.45) is 1.00. The SMILES string of the molecule is Cc1ccc(C2=NO[C@H](C[NH2+]Cc3ccccc3Cl)C2)cc1. The third-order valence-electron chi connectivity index (χ3n) is 3.87. The first-order chi connectivity index (χ1) is 10.7.